The highest BCUT2D eigenvalue weighted by molar-refractivity contribution is 5.74. The van der Waals surface area contributed by atoms with Crippen LogP contribution in [0.3, 0.4) is 0 Å². The van der Waals surface area contributed by atoms with Gasteiger partial charge in [-0.1, -0.05) is 12.8 Å². The van der Waals surface area contributed by atoms with Gasteiger partial charge in [0.1, 0.15) is 11.4 Å². The first kappa shape index (κ1) is 16.6. The molecule has 2 aromatic rings. The first-order valence-electron chi connectivity index (χ1n) is 8.41. The average Bonchev–Trinajstić information content (AvgIpc) is 3.08. The lowest BCUT2D eigenvalue weighted by Crippen LogP contribution is -2.49. The summed E-state index contributed by atoms with van der Waals surface area (Å²) in [6.45, 7) is 1.19. The summed E-state index contributed by atoms with van der Waals surface area (Å²) >= 11 is 0. The van der Waals surface area contributed by atoms with Gasteiger partial charge in [-0.3, -0.25) is 14.6 Å². The highest BCUT2D eigenvalue weighted by Crippen LogP contribution is 2.34. The van der Waals surface area contributed by atoms with Crippen molar-refractivity contribution < 1.29 is 0 Å². The molecule has 1 aliphatic rings. The molecule has 0 saturated heterocycles. The van der Waals surface area contributed by atoms with E-state index >= 15 is 0 Å². The molecule has 1 aliphatic carbocycles. The normalized spacial score (nSPS) is 16.6. The molecule has 1 heterocycles. The van der Waals surface area contributed by atoms with Crippen molar-refractivity contribution in [2.75, 3.05) is 31.3 Å². The Balaban J connectivity index is 1.67. The summed E-state index contributed by atoms with van der Waals surface area (Å²) in [5.74, 6) is 0. The summed E-state index contributed by atoms with van der Waals surface area (Å²) in [5, 5.41) is 6.33. The summed E-state index contributed by atoms with van der Waals surface area (Å²) in [6.07, 6.45) is 8.06. The van der Waals surface area contributed by atoms with Gasteiger partial charge in [-0.2, -0.15) is 0 Å². The predicted octanol–water partition coefficient (Wildman–Crippen LogP) is 1.58. The molecule has 0 amide bonds. The van der Waals surface area contributed by atoms with Crippen molar-refractivity contribution in [3.63, 3.8) is 0 Å². The van der Waals surface area contributed by atoms with E-state index in [0.29, 0.717) is 24.5 Å². The highest BCUT2D eigenvalue weighted by Gasteiger charge is 2.36. The smallest absolute Gasteiger partial charge is 0.253 e. The predicted molar refractivity (Wildman–Crippen MR) is 96.3 cm³/mol. The Morgan fingerprint density at radius 1 is 1.04 bits per heavy atom. The van der Waals surface area contributed by atoms with Crippen LogP contribution in [0.2, 0.25) is 0 Å². The number of rotatable bonds is 7. The molecule has 6 heteroatoms. The number of aromatic nitrogens is 1. The molecule has 1 aromatic carbocycles. The fourth-order valence-electron chi connectivity index (χ4n) is 3.49. The molecule has 0 aliphatic heterocycles. The largest absolute Gasteiger partial charge is 0.378 e. The van der Waals surface area contributed by atoms with E-state index < -0.39 is 10.9 Å². The zero-order chi connectivity index (χ0) is 17.2. The van der Waals surface area contributed by atoms with Crippen molar-refractivity contribution >= 4 is 11.4 Å². The number of nitrogens with one attached hydrogen (secondary N) is 2. The number of hydrogen-bond acceptors (Lipinski definition) is 6. The maximum atomic E-state index is 11.9. The van der Waals surface area contributed by atoms with Gasteiger partial charge in [-0.25, -0.2) is 0 Å². The molecule has 6 nitrogen and oxygen atoms in total. The molecule has 1 saturated carbocycles. The minimum atomic E-state index is -0.433. The molecule has 24 heavy (non-hydrogen) atoms. The topological polar surface area (TPSA) is 74.3 Å². The average molecular weight is 328 g/mol. The van der Waals surface area contributed by atoms with Gasteiger partial charge in [0.25, 0.3) is 10.9 Å². The second kappa shape index (κ2) is 6.73. The van der Waals surface area contributed by atoms with E-state index in [4.69, 9.17) is 0 Å². The lowest BCUT2D eigenvalue weighted by molar-refractivity contribution is 0.172. The molecule has 3 rings (SSSR count). The van der Waals surface area contributed by atoms with Crippen LogP contribution in [0.1, 0.15) is 31.2 Å². The number of likely N-dealkylation sites (N-methyl/N-ethyl adjacent to an activating group) is 1. The monoisotopic (exact) mass is 328 g/mol. The molecule has 0 bridgehead atoms. The summed E-state index contributed by atoms with van der Waals surface area (Å²) in [4.78, 5) is 30.0. The Hall–Kier alpha value is -2.21. The molecule has 2 N–H and O–H groups in total. The third-order valence-corrected chi connectivity index (χ3v) is 5.21. The van der Waals surface area contributed by atoms with Crippen LogP contribution >= 0.6 is 0 Å². The minimum Gasteiger partial charge on any atom is -0.378 e. The highest BCUT2D eigenvalue weighted by atomic mass is 16.2. The molecule has 1 aromatic heterocycles. The fourth-order valence-corrected chi connectivity index (χ4v) is 3.49. The van der Waals surface area contributed by atoms with Crippen molar-refractivity contribution in [2.45, 2.75) is 37.8 Å². The summed E-state index contributed by atoms with van der Waals surface area (Å²) < 4.78 is 0. The van der Waals surface area contributed by atoms with Gasteiger partial charge in [0.05, 0.1) is 0 Å². The van der Waals surface area contributed by atoms with E-state index in [2.05, 4.69) is 34.6 Å². The molecule has 0 unspecified atom stereocenters. The Labute approximate surface area is 141 Å². The van der Waals surface area contributed by atoms with Gasteiger partial charge >= 0.3 is 0 Å². The second-order valence-corrected chi connectivity index (χ2v) is 6.80. The Morgan fingerprint density at radius 3 is 2.21 bits per heavy atom. The molecular weight excluding hydrogens is 304 g/mol. The molecular formula is C18H24N4O2. The van der Waals surface area contributed by atoms with Crippen LogP contribution in [0, 0.1) is 0 Å². The minimum absolute atomic E-state index is 0.0716. The molecule has 1 fully saturated rings. The van der Waals surface area contributed by atoms with E-state index in [0.717, 1.165) is 18.4 Å². The first-order valence-corrected chi connectivity index (χ1v) is 8.41. The van der Waals surface area contributed by atoms with E-state index in [1.165, 1.54) is 12.8 Å². The van der Waals surface area contributed by atoms with Crippen LogP contribution in [-0.4, -0.2) is 36.1 Å². The van der Waals surface area contributed by atoms with Crippen LogP contribution in [0.25, 0.3) is 0 Å². The van der Waals surface area contributed by atoms with Crippen LogP contribution in [0.5, 0.6) is 0 Å². The standard InChI is InChI=1S/C18H24N4O2/c1-22(2)18(7-3-4-8-18)12-21-15-14(16(23)17(15)24)20-11-13-5-9-19-10-6-13/h5-6,9-10,20-21H,3-4,7-8,11-12H2,1-2H3. The molecule has 128 valence electrons. The third kappa shape index (κ3) is 3.06. The number of hydrogen-bond donors (Lipinski definition) is 2. The summed E-state index contributed by atoms with van der Waals surface area (Å²) in [5.41, 5.74) is 1.08. The van der Waals surface area contributed by atoms with E-state index in [1.807, 2.05) is 12.1 Å². The van der Waals surface area contributed by atoms with Crippen molar-refractivity contribution in [1.29, 1.82) is 0 Å². The second-order valence-electron chi connectivity index (χ2n) is 6.80. The number of nitrogens with zero attached hydrogens (tertiary/aromatic N) is 2. The van der Waals surface area contributed by atoms with Crippen LogP contribution in [0.15, 0.2) is 34.1 Å². The van der Waals surface area contributed by atoms with E-state index in [1.54, 1.807) is 12.4 Å². The summed E-state index contributed by atoms with van der Waals surface area (Å²) in [7, 11) is 4.16. The molecule has 0 atom stereocenters. The zero-order valence-corrected chi connectivity index (χ0v) is 14.3. The van der Waals surface area contributed by atoms with Gasteiger partial charge in [-0.15, -0.1) is 0 Å². The Kier molecular flexibility index (Phi) is 4.66. The zero-order valence-electron chi connectivity index (χ0n) is 14.3. The SMILES string of the molecule is CN(C)C1(CNc2c(NCc3ccncc3)c(=O)c2=O)CCCC1. The third-order valence-electron chi connectivity index (χ3n) is 5.21. The molecule has 0 spiro atoms. The van der Waals surface area contributed by atoms with Crippen molar-refractivity contribution in [3.8, 4) is 0 Å². The van der Waals surface area contributed by atoms with Crippen molar-refractivity contribution in [2.24, 2.45) is 0 Å². The first-order chi connectivity index (χ1) is 11.5. The van der Waals surface area contributed by atoms with Crippen LogP contribution in [0.4, 0.5) is 11.4 Å². The quantitative estimate of drug-likeness (QED) is 0.752. The summed E-state index contributed by atoms with van der Waals surface area (Å²) in [6, 6.07) is 3.76. The fraction of sp³-hybridized carbons (Fsp3) is 0.500. The van der Waals surface area contributed by atoms with Crippen molar-refractivity contribution in [1.82, 2.24) is 9.88 Å². The van der Waals surface area contributed by atoms with Gasteiger partial charge < -0.3 is 15.5 Å². The number of anilines is 2. The lowest BCUT2D eigenvalue weighted by atomic mass is 9.95. The van der Waals surface area contributed by atoms with Gasteiger partial charge in [0.15, 0.2) is 0 Å². The molecule has 0 radical (unpaired) electrons. The lowest BCUT2D eigenvalue weighted by Gasteiger charge is -2.37. The maximum Gasteiger partial charge on any atom is 0.253 e. The van der Waals surface area contributed by atoms with E-state index in [-0.39, 0.29) is 5.54 Å². The number of pyridine rings is 1. The van der Waals surface area contributed by atoms with Crippen LogP contribution < -0.4 is 21.5 Å². The maximum absolute atomic E-state index is 11.9. The Bertz CT molecular complexity index is 757. The van der Waals surface area contributed by atoms with Gasteiger partial charge in [0.2, 0.25) is 0 Å². The Morgan fingerprint density at radius 2 is 1.62 bits per heavy atom. The van der Waals surface area contributed by atoms with Crippen molar-refractivity contribution in [3.05, 3.63) is 50.5 Å². The van der Waals surface area contributed by atoms with Crippen LogP contribution in [-0.2, 0) is 6.54 Å². The van der Waals surface area contributed by atoms with E-state index in [9.17, 15) is 9.59 Å². The van der Waals surface area contributed by atoms with Gasteiger partial charge in [-0.05, 0) is 44.6 Å². The van der Waals surface area contributed by atoms with Gasteiger partial charge in [0, 0.05) is 31.0 Å².